The molecular weight excluding hydrogens is 479 g/mol. The standard InChI is InChI=1S/C26H46F3NO6/c1-2-3-4-5-6-7-8-9-10-11-12-13-14-15-16-17-18-35-23-21(30-25(34)26(27,28)29)24(33)36-20(19-31)22(23)32/h9-10,20-24,31-33H,2-8,11-19H2,1H3,(H,30,34)/b10-9-/t20-,21-,22-,23-,24+/m1/s1. The highest BCUT2D eigenvalue weighted by Crippen LogP contribution is 2.25. The smallest absolute Gasteiger partial charge is 0.394 e. The summed E-state index contributed by atoms with van der Waals surface area (Å²) in [5.41, 5.74) is 0. The van der Waals surface area contributed by atoms with Crippen LogP contribution in [0.1, 0.15) is 96.8 Å². The maximum atomic E-state index is 12.6. The Labute approximate surface area is 213 Å². The number of amides is 1. The van der Waals surface area contributed by atoms with Gasteiger partial charge in [-0.25, -0.2) is 0 Å². The SMILES string of the molecule is CCCCCCCC/C=C\CCCCCCCCO[C@H]1[C@H](O)[C@@H](CO)O[C@H](O)[C@@H]1NC(=O)C(F)(F)F. The summed E-state index contributed by atoms with van der Waals surface area (Å²) in [6.45, 7) is 1.70. The Morgan fingerprint density at radius 1 is 0.917 bits per heavy atom. The summed E-state index contributed by atoms with van der Waals surface area (Å²) in [5.74, 6) is -2.27. The first-order chi connectivity index (χ1) is 17.2. The van der Waals surface area contributed by atoms with Crippen molar-refractivity contribution in [2.75, 3.05) is 13.2 Å². The monoisotopic (exact) mass is 525 g/mol. The average Bonchev–Trinajstić information content (AvgIpc) is 2.83. The molecule has 1 heterocycles. The molecule has 1 aliphatic heterocycles. The van der Waals surface area contributed by atoms with Gasteiger partial charge in [-0.15, -0.1) is 0 Å². The highest BCUT2D eigenvalue weighted by Gasteiger charge is 2.49. The molecule has 4 N–H and O–H groups in total. The minimum Gasteiger partial charge on any atom is -0.394 e. The lowest BCUT2D eigenvalue weighted by Gasteiger charge is -2.42. The number of nitrogens with one attached hydrogen (secondary N) is 1. The predicted octanol–water partition coefficient (Wildman–Crippen LogP) is 4.53. The van der Waals surface area contributed by atoms with Crippen LogP contribution in [0, 0.1) is 0 Å². The predicted molar refractivity (Wildman–Crippen MR) is 131 cm³/mol. The van der Waals surface area contributed by atoms with Crippen molar-refractivity contribution in [2.45, 2.75) is 134 Å². The van der Waals surface area contributed by atoms with Crippen LogP contribution < -0.4 is 5.32 Å². The van der Waals surface area contributed by atoms with Crippen LogP contribution in [-0.4, -0.2) is 71.3 Å². The molecule has 0 aliphatic carbocycles. The highest BCUT2D eigenvalue weighted by molar-refractivity contribution is 5.82. The average molecular weight is 526 g/mol. The molecule has 212 valence electrons. The van der Waals surface area contributed by atoms with Crippen molar-refractivity contribution in [2.24, 2.45) is 0 Å². The summed E-state index contributed by atoms with van der Waals surface area (Å²) in [6.07, 6.45) is 9.33. The van der Waals surface area contributed by atoms with Gasteiger partial charge >= 0.3 is 12.1 Å². The minimum absolute atomic E-state index is 0.131. The molecule has 7 nitrogen and oxygen atoms in total. The van der Waals surface area contributed by atoms with Crippen molar-refractivity contribution >= 4 is 5.91 Å². The van der Waals surface area contributed by atoms with E-state index in [2.05, 4.69) is 19.1 Å². The van der Waals surface area contributed by atoms with E-state index in [-0.39, 0.29) is 6.61 Å². The molecule has 5 atom stereocenters. The van der Waals surface area contributed by atoms with E-state index < -0.39 is 49.3 Å². The number of ether oxygens (including phenoxy) is 2. The molecule has 1 rings (SSSR count). The Morgan fingerprint density at radius 3 is 1.97 bits per heavy atom. The van der Waals surface area contributed by atoms with Crippen molar-refractivity contribution in [3.05, 3.63) is 12.2 Å². The van der Waals surface area contributed by atoms with Crippen LogP contribution in [0.3, 0.4) is 0 Å². The van der Waals surface area contributed by atoms with Crippen molar-refractivity contribution in [3.63, 3.8) is 0 Å². The molecule has 0 bridgehead atoms. The lowest BCUT2D eigenvalue weighted by Crippen LogP contribution is -2.66. The Hall–Kier alpha value is -1.20. The Morgan fingerprint density at radius 2 is 1.44 bits per heavy atom. The van der Waals surface area contributed by atoms with Gasteiger partial charge in [0.05, 0.1) is 6.61 Å². The van der Waals surface area contributed by atoms with Crippen molar-refractivity contribution in [1.82, 2.24) is 5.32 Å². The van der Waals surface area contributed by atoms with E-state index in [0.29, 0.717) is 6.42 Å². The third-order valence-electron chi connectivity index (χ3n) is 6.39. The molecule has 0 unspecified atom stereocenters. The first-order valence-electron chi connectivity index (χ1n) is 13.5. The third kappa shape index (κ3) is 13.4. The number of carbonyl (C=O) groups is 1. The Balaban J connectivity index is 2.20. The lowest BCUT2D eigenvalue weighted by atomic mass is 9.96. The minimum atomic E-state index is -5.16. The molecule has 0 radical (unpaired) electrons. The maximum Gasteiger partial charge on any atom is 0.471 e. The molecule has 0 saturated carbocycles. The van der Waals surface area contributed by atoms with Gasteiger partial charge in [-0.3, -0.25) is 4.79 Å². The largest absolute Gasteiger partial charge is 0.471 e. The molecule has 0 aromatic rings. The fourth-order valence-corrected chi connectivity index (χ4v) is 4.24. The van der Waals surface area contributed by atoms with Crippen LogP contribution in [0.2, 0.25) is 0 Å². The quantitative estimate of drug-likeness (QED) is 0.146. The molecular formula is C26H46F3NO6. The van der Waals surface area contributed by atoms with E-state index in [1.807, 2.05) is 0 Å². The molecule has 1 saturated heterocycles. The van der Waals surface area contributed by atoms with Crippen LogP contribution in [0.15, 0.2) is 12.2 Å². The van der Waals surface area contributed by atoms with Crippen LogP contribution in [0.5, 0.6) is 0 Å². The zero-order chi connectivity index (χ0) is 26.8. The summed E-state index contributed by atoms with van der Waals surface area (Å²) in [6, 6.07) is -1.62. The molecule has 1 amide bonds. The van der Waals surface area contributed by atoms with Crippen molar-refractivity contribution in [1.29, 1.82) is 0 Å². The second kappa shape index (κ2) is 19.0. The van der Waals surface area contributed by atoms with Crippen LogP contribution >= 0.6 is 0 Å². The Bertz CT molecular complexity index is 605. The van der Waals surface area contributed by atoms with Crippen molar-refractivity contribution in [3.8, 4) is 0 Å². The number of aliphatic hydroxyl groups is 3. The molecule has 0 aromatic heterocycles. The van der Waals surface area contributed by atoms with Gasteiger partial charge < -0.3 is 30.1 Å². The van der Waals surface area contributed by atoms with Gasteiger partial charge in [-0.2, -0.15) is 13.2 Å². The number of carbonyl (C=O) groups excluding carboxylic acids is 1. The molecule has 36 heavy (non-hydrogen) atoms. The molecule has 0 aromatic carbocycles. The second-order valence-electron chi connectivity index (χ2n) is 9.51. The van der Waals surface area contributed by atoms with Gasteiger partial charge in [0.25, 0.3) is 0 Å². The van der Waals surface area contributed by atoms with Gasteiger partial charge in [-0.1, -0.05) is 76.9 Å². The number of unbranched alkanes of at least 4 members (excludes halogenated alkanes) is 12. The molecule has 0 spiro atoms. The van der Waals surface area contributed by atoms with E-state index in [1.165, 1.54) is 38.5 Å². The van der Waals surface area contributed by atoms with Crippen LogP contribution in [0.4, 0.5) is 13.2 Å². The van der Waals surface area contributed by atoms with Crippen LogP contribution in [-0.2, 0) is 14.3 Å². The summed E-state index contributed by atoms with van der Waals surface area (Å²) < 4.78 is 48.4. The van der Waals surface area contributed by atoms with Gasteiger partial charge in [-0.05, 0) is 32.1 Å². The zero-order valence-electron chi connectivity index (χ0n) is 21.6. The lowest BCUT2D eigenvalue weighted by molar-refractivity contribution is -0.264. The second-order valence-corrected chi connectivity index (χ2v) is 9.51. The topological polar surface area (TPSA) is 108 Å². The normalized spacial score (nSPS) is 24.9. The Kier molecular flexibility index (Phi) is 17.3. The summed E-state index contributed by atoms with van der Waals surface area (Å²) in [5, 5.41) is 31.2. The van der Waals surface area contributed by atoms with E-state index in [0.717, 1.165) is 44.9 Å². The maximum absolute atomic E-state index is 12.6. The first-order valence-corrected chi connectivity index (χ1v) is 13.5. The number of halogens is 3. The van der Waals surface area contributed by atoms with Gasteiger partial charge in [0, 0.05) is 6.61 Å². The summed E-state index contributed by atoms with van der Waals surface area (Å²) in [7, 11) is 0. The molecule has 10 heteroatoms. The van der Waals surface area contributed by atoms with E-state index in [1.54, 1.807) is 5.32 Å². The number of hydrogen-bond donors (Lipinski definition) is 4. The fraction of sp³-hybridized carbons (Fsp3) is 0.885. The fourth-order valence-electron chi connectivity index (χ4n) is 4.24. The number of aliphatic hydroxyl groups excluding tert-OH is 3. The number of rotatable bonds is 19. The van der Waals surface area contributed by atoms with Crippen LogP contribution in [0.25, 0.3) is 0 Å². The third-order valence-corrected chi connectivity index (χ3v) is 6.39. The van der Waals surface area contributed by atoms with E-state index in [4.69, 9.17) is 9.47 Å². The van der Waals surface area contributed by atoms with Gasteiger partial charge in [0.2, 0.25) is 0 Å². The zero-order valence-corrected chi connectivity index (χ0v) is 21.6. The van der Waals surface area contributed by atoms with Gasteiger partial charge in [0.15, 0.2) is 6.29 Å². The highest BCUT2D eigenvalue weighted by atomic mass is 19.4. The number of alkyl halides is 3. The molecule has 1 fully saturated rings. The first kappa shape index (κ1) is 32.8. The van der Waals surface area contributed by atoms with E-state index >= 15 is 0 Å². The summed E-state index contributed by atoms with van der Waals surface area (Å²) in [4.78, 5) is 11.3. The molecule has 1 aliphatic rings. The van der Waals surface area contributed by atoms with E-state index in [9.17, 15) is 33.3 Å². The number of hydrogen-bond acceptors (Lipinski definition) is 6. The summed E-state index contributed by atoms with van der Waals surface area (Å²) >= 11 is 0. The van der Waals surface area contributed by atoms with Crippen molar-refractivity contribution < 1.29 is 42.8 Å². The number of allylic oxidation sites excluding steroid dienone is 2. The van der Waals surface area contributed by atoms with Gasteiger partial charge in [0.1, 0.15) is 24.4 Å².